The maximum absolute atomic E-state index is 13.2. The van der Waals surface area contributed by atoms with Crippen LogP contribution in [0, 0.1) is 15.9 Å². The lowest BCUT2D eigenvalue weighted by molar-refractivity contribution is -0.384. The number of hydrogen-bond donors (Lipinski definition) is 1. The largest absolute Gasteiger partial charge is 0.468 e. The second-order valence-corrected chi connectivity index (χ2v) is 5.57. The summed E-state index contributed by atoms with van der Waals surface area (Å²) in [6.45, 7) is 2.40. The van der Waals surface area contributed by atoms with Crippen LogP contribution in [0.25, 0.3) is 0 Å². The first-order valence-corrected chi connectivity index (χ1v) is 7.60. The molecule has 1 atom stereocenters. The Labute approximate surface area is 133 Å². The summed E-state index contributed by atoms with van der Waals surface area (Å²) < 4.78 is 18.7. The lowest BCUT2D eigenvalue weighted by Gasteiger charge is -2.26. The molecular weight excluding hydrogens is 301 g/mol. The van der Waals surface area contributed by atoms with Gasteiger partial charge in [-0.3, -0.25) is 15.0 Å². The first-order valence-electron chi connectivity index (χ1n) is 7.60. The van der Waals surface area contributed by atoms with Crippen molar-refractivity contribution in [2.75, 3.05) is 25.0 Å². The van der Waals surface area contributed by atoms with Crippen molar-refractivity contribution in [1.82, 2.24) is 4.90 Å². The van der Waals surface area contributed by atoms with Crippen molar-refractivity contribution >= 4 is 11.4 Å². The minimum atomic E-state index is -0.621. The summed E-state index contributed by atoms with van der Waals surface area (Å²) >= 11 is 0. The van der Waals surface area contributed by atoms with Crippen LogP contribution >= 0.6 is 0 Å². The normalized spacial score (nSPS) is 16.4. The van der Waals surface area contributed by atoms with Gasteiger partial charge in [-0.15, -0.1) is 0 Å². The van der Waals surface area contributed by atoms with Gasteiger partial charge in [0.25, 0.3) is 5.69 Å². The van der Waals surface area contributed by atoms with Crippen molar-refractivity contribution < 1.29 is 13.7 Å². The number of likely N-dealkylation sites (tertiary alicyclic amines) is 1. The SMILES string of the molecule is O=[N+]([O-])c1cc(F)ccc1NCC(c1ccco1)N1CCCC1. The number of rotatable bonds is 6. The van der Waals surface area contributed by atoms with E-state index >= 15 is 0 Å². The number of benzene rings is 1. The summed E-state index contributed by atoms with van der Waals surface area (Å²) in [5.74, 6) is 0.202. The Morgan fingerprint density at radius 1 is 1.35 bits per heavy atom. The summed E-state index contributed by atoms with van der Waals surface area (Å²) in [7, 11) is 0. The fourth-order valence-electron chi connectivity index (χ4n) is 2.96. The van der Waals surface area contributed by atoms with Crippen LogP contribution in [0.1, 0.15) is 24.6 Å². The average molecular weight is 319 g/mol. The van der Waals surface area contributed by atoms with Crippen LogP contribution in [0.3, 0.4) is 0 Å². The fourth-order valence-corrected chi connectivity index (χ4v) is 2.96. The summed E-state index contributed by atoms with van der Waals surface area (Å²) in [6, 6.07) is 7.28. The molecule has 122 valence electrons. The number of nitrogens with one attached hydrogen (secondary N) is 1. The van der Waals surface area contributed by atoms with Gasteiger partial charge >= 0.3 is 0 Å². The van der Waals surface area contributed by atoms with Crippen LogP contribution < -0.4 is 5.32 Å². The molecule has 1 aliphatic heterocycles. The molecule has 0 aliphatic carbocycles. The molecule has 1 saturated heterocycles. The van der Waals surface area contributed by atoms with Gasteiger partial charge in [0.2, 0.25) is 0 Å². The molecule has 1 unspecified atom stereocenters. The van der Waals surface area contributed by atoms with Crippen molar-refractivity contribution in [1.29, 1.82) is 0 Å². The maximum atomic E-state index is 13.2. The molecule has 1 aromatic heterocycles. The smallest absolute Gasteiger partial charge is 0.295 e. The van der Waals surface area contributed by atoms with Gasteiger partial charge in [-0.25, -0.2) is 4.39 Å². The van der Waals surface area contributed by atoms with E-state index in [1.54, 1.807) is 6.26 Å². The molecular formula is C16H18FN3O3. The Balaban J connectivity index is 1.78. The van der Waals surface area contributed by atoms with Gasteiger partial charge in [-0.05, 0) is 50.2 Å². The molecule has 1 aliphatic rings. The van der Waals surface area contributed by atoms with E-state index < -0.39 is 10.7 Å². The van der Waals surface area contributed by atoms with Crippen LogP contribution in [0.5, 0.6) is 0 Å². The first-order chi connectivity index (χ1) is 11.1. The monoisotopic (exact) mass is 319 g/mol. The van der Waals surface area contributed by atoms with Gasteiger partial charge in [0.1, 0.15) is 17.3 Å². The van der Waals surface area contributed by atoms with E-state index in [1.807, 2.05) is 12.1 Å². The molecule has 1 fully saturated rings. The number of nitro groups is 1. The van der Waals surface area contributed by atoms with Crippen LogP contribution in [0.2, 0.25) is 0 Å². The lowest BCUT2D eigenvalue weighted by atomic mass is 10.2. The molecule has 7 heteroatoms. The molecule has 0 bridgehead atoms. The molecule has 2 heterocycles. The molecule has 0 amide bonds. The van der Waals surface area contributed by atoms with Crippen LogP contribution in [0.15, 0.2) is 41.0 Å². The highest BCUT2D eigenvalue weighted by atomic mass is 19.1. The molecule has 3 rings (SSSR count). The zero-order valence-electron chi connectivity index (χ0n) is 12.6. The van der Waals surface area contributed by atoms with Crippen molar-refractivity contribution in [3.8, 4) is 0 Å². The van der Waals surface area contributed by atoms with Crippen molar-refractivity contribution in [2.24, 2.45) is 0 Å². The molecule has 0 saturated carbocycles. The number of halogens is 1. The van der Waals surface area contributed by atoms with Gasteiger partial charge in [-0.2, -0.15) is 0 Å². The highest BCUT2D eigenvalue weighted by Gasteiger charge is 2.26. The third-order valence-corrected chi connectivity index (χ3v) is 4.10. The lowest BCUT2D eigenvalue weighted by Crippen LogP contribution is -2.30. The van der Waals surface area contributed by atoms with Crippen LogP contribution in [-0.2, 0) is 0 Å². The number of nitro benzene ring substituents is 1. The Morgan fingerprint density at radius 3 is 2.78 bits per heavy atom. The Morgan fingerprint density at radius 2 is 2.13 bits per heavy atom. The van der Waals surface area contributed by atoms with E-state index in [4.69, 9.17) is 4.42 Å². The van der Waals surface area contributed by atoms with Crippen LogP contribution in [0.4, 0.5) is 15.8 Å². The maximum Gasteiger partial charge on any atom is 0.295 e. The average Bonchev–Trinajstić information content (AvgIpc) is 3.22. The number of hydrogen-bond acceptors (Lipinski definition) is 5. The predicted octanol–water partition coefficient (Wildman–Crippen LogP) is 3.58. The van der Waals surface area contributed by atoms with E-state index in [9.17, 15) is 14.5 Å². The molecule has 23 heavy (non-hydrogen) atoms. The van der Waals surface area contributed by atoms with Crippen molar-refractivity contribution in [2.45, 2.75) is 18.9 Å². The summed E-state index contributed by atoms with van der Waals surface area (Å²) in [6.07, 6.45) is 3.89. The van der Waals surface area contributed by atoms with Crippen molar-refractivity contribution in [3.05, 3.63) is 58.3 Å². The van der Waals surface area contributed by atoms with E-state index in [0.29, 0.717) is 12.2 Å². The second-order valence-electron chi connectivity index (χ2n) is 5.57. The van der Waals surface area contributed by atoms with Gasteiger partial charge < -0.3 is 9.73 Å². The highest BCUT2D eigenvalue weighted by Crippen LogP contribution is 2.29. The third kappa shape index (κ3) is 3.50. The van der Waals surface area contributed by atoms with Crippen LogP contribution in [-0.4, -0.2) is 29.5 Å². The van der Waals surface area contributed by atoms with Gasteiger partial charge in [-0.1, -0.05) is 0 Å². The fraction of sp³-hybridized carbons (Fsp3) is 0.375. The topological polar surface area (TPSA) is 71.5 Å². The van der Waals surface area contributed by atoms with Gasteiger partial charge in [0.05, 0.1) is 23.3 Å². The Hall–Kier alpha value is -2.41. The molecule has 0 spiro atoms. The Bertz CT molecular complexity index is 669. The molecule has 6 nitrogen and oxygen atoms in total. The first kappa shape index (κ1) is 15.5. The standard InChI is InChI=1S/C16H18FN3O3/c17-12-5-6-13(14(10-12)20(21)22)18-11-15(16-4-3-9-23-16)19-7-1-2-8-19/h3-6,9-10,15,18H,1-2,7-8,11H2. The number of furan rings is 1. The second kappa shape index (κ2) is 6.78. The third-order valence-electron chi connectivity index (χ3n) is 4.10. The summed E-state index contributed by atoms with van der Waals surface area (Å²) in [5, 5.41) is 14.2. The minimum Gasteiger partial charge on any atom is -0.468 e. The molecule has 1 aromatic carbocycles. The van der Waals surface area contributed by atoms with E-state index in [0.717, 1.165) is 37.8 Å². The van der Waals surface area contributed by atoms with Gasteiger partial charge in [0, 0.05) is 6.54 Å². The zero-order chi connectivity index (χ0) is 16.2. The van der Waals surface area contributed by atoms with E-state index in [2.05, 4.69) is 10.2 Å². The zero-order valence-corrected chi connectivity index (χ0v) is 12.6. The molecule has 0 radical (unpaired) electrons. The predicted molar refractivity (Wildman–Crippen MR) is 83.8 cm³/mol. The molecule has 1 N–H and O–H groups in total. The van der Waals surface area contributed by atoms with Gasteiger partial charge in [0.15, 0.2) is 0 Å². The Kier molecular flexibility index (Phi) is 4.57. The molecule has 2 aromatic rings. The quantitative estimate of drug-likeness (QED) is 0.651. The van der Waals surface area contributed by atoms with Crippen molar-refractivity contribution in [3.63, 3.8) is 0 Å². The number of anilines is 1. The number of nitrogens with zero attached hydrogens (tertiary/aromatic N) is 2. The summed E-state index contributed by atoms with van der Waals surface area (Å²) in [5.41, 5.74) is 0.0526. The minimum absolute atomic E-state index is 0.00263. The highest BCUT2D eigenvalue weighted by molar-refractivity contribution is 5.61. The van der Waals surface area contributed by atoms with E-state index in [1.165, 1.54) is 12.1 Å². The van der Waals surface area contributed by atoms with E-state index in [-0.39, 0.29) is 11.7 Å². The summed E-state index contributed by atoms with van der Waals surface area (Å²) in [4.78, 5) is 12.8.